The van der Waals surface area contributed by atoms with Gasteiger partial charge >= 0.3 is 0 Å². The van der Waals surface area contributed by atoms with E-state index in [2.05, 4.69) is 12.5 Å². The first-order chi connectivity index (χ1) is 8.19. The van der Waals surface area contributed by atoms with Crippen LogP contribution in [0, 0.1) is 12.3 Å². The Kier molecular flexibility index (Phi) is 2.75. The lowest BCUT2D eigenvalue weighted by Crippen LogP contribution is -2.22. The highest BCUT2D eigenvalue weighted by Gasteiger charge is 2.39. The number of terminal acetylenes is 1. The van der Waals surface area contributed by atoms with Crippen molar-refractivity contribution in [3.63, 3.8) is 0 Å². The molecule has 0 amide bonds. The molecule has 0 aliphatic heterocycles. The van der Waals surface area contributed by atoms with Gasteiger partial charge in [-0.2, -0.15) is 0 Å². The molecule has 1 aromatic rings. The molecule has 0 spiro atoms. The van der Waals surface area contributed by atoms with Gasteiger partial charge in [-0.25, -0.2) is 0 Å². The Labute approximate surface area is 102 Å². The van der Waals surface area contributed by atoms with Crippen LogP contribution in [0.4, 0.5) is 0 Å². The molecule has 17 heavy (non-hydrogen) atoms. The van der Waals surface area contributed by atoms with Crippen molar-refractivity contribution in [2.45, 2.75) is 12.5 Å². The maximum Gasteiger partial charge on any atom is 0.177 e. The van der Waals surface area contributed by atoms with Crippen molar-refractivity contribution in [3.05, 3.63) is 65.8 Å². The molecule has 0 heterocycles. The number of fused-ring (bicyclic) bond motifs is 1. The van der Waals surface area contributed by atoms with Crippen molar-refractivity contribution in [2.75, 3.05) is 0 Å². The first-order valence-electron chi connectivity index (χ1n) is 5.49. The summed E-state index contributed by atoms with van der Waals surface area (Å²) in [6.07, 6.45) is 11.0. The van der Waals surface area contributed by atoms with Crippen molar-refractivity contribution in [1.29, 1.82) is 0 Å². The minimum Gasteiger partial charge on any atom is -0.369 e. The van der Waals surface area contributed by atoms with E-state index in [1.165, 1.54) is 0 Å². The van der Waals surface area contributed by atoms with Gasteiger partial charge in [0.2, 0.25) is 0 Å². The monoisotopic (exact) mass is 222 g/mol. The minimum atomic E-state index is -1.34. The number of benzene rings is 1. The van der Waals surface area contributed by atoms with Crippen LogP contribution in [-0.2, 0) is 5.60 Å². The van der Waals surface area contributed by atoms with E-state index in [9.17, 15) is 5.11 Å². The summed E-state index contributed by atoms with van der Waals surface area (Å²) in [4.78, 5) is 0. The second-order valence-electron chi connectivity index (χ2n) is 3.93. The Morgan fingerprint density at radius 3 is 2.71 bits per heavy atom. The normalized spacial score (nSPS) is 22.6. The molecule has 0 saturated heterocycles. The van der Waals surface area contributed by atoms with Crippen molar-refractivity contribution in [1.82, 2.24) is 0 Å². The molecule has 0 aromatic heterocycles. The first kappa shape index (κ1) is 11.4. The van der Waals surface area contributed by atoms with E-state index in [-0.39, 0.29) is 0 Å². The predicted octanol–water partition coefficient (Wildman–Crippen LogP) is 3.04. The van der Waals surface area contributed by atoms with E-state index in [1.807, 2.05) is 43.3 Å². The molecule has 0 bridgehead atoms. The summed E-state index contributed by atoms with van der Waals surface area (Å²) < 4.78 is 0. The summed E-state index contributed by atoms with van der Waals surface area (Å²) in [5.41, 5.74) is 1.99. The molecule has 1 aliphatic rings. The van der Waals surface area contributed by atoms with Gasteiger partial charge in [-0.15, -0.1) is 6.42 Å². The standard InChI is InChI=1S/C16H14O/c1-4-9-14-12(5-2)13-10-7-8-11-15(13)16(14,17)6-3/h3-5,7-11,17H,2H2,1H3/b9-4-. The number of hydrogen-bond acceptors (Lipinski definition) is 1. The molecule has 2 rings (SSSR count). The average Bonchev–Trinajstić information content (AvgIpc) is 2.61. The second-order valence-corrected chi connectivity index (χ2v) is 3.93. The Bertz CT molecular complexity index is 569. The van der Waals surface area contributed by atoms with Crippen molar-refractivity contribution in [2.24, 2.45) is 0 Å². The molecule has 1 N–H and O–H groups in total. The molecule has 1 aliphatic carbocycles. The van der Waals surface area contributed by atoms with Crippen LogP contribution in [0.2, 0.25) is 0 Å². The molecule has 0 fully saturated rings. The highest BCUT2D eigenvalue weighted by atomic mass is 16.3. The van der Waals surface area contributed by atoms with Gasteiger partial charge in [-0.05, 0) is 18.1 Å². The molecule has 1 nitrogen and oxygen atoms in total. The number of hydrogen-bond donors (Lipinski definition) is 1. The zero-order chi connectivity index (χ0) is 12.5. The van der Waals surface area contributed by atoms with Crippen LogP contribution in [0.1, 0.15) is 18.1 Å². The lowest BCUT2D eigenvalue weighted by atomic mass is 9.91. The summed E-state index contributed by atoms with van der Waals surface area (Å²) in [7, 11) is 0. The molecule has 0 radical (unpaired) electrons. The van der Waals surface area contributed by atoms with Gasteiger partial charge in [0.1, 0.15) is 0 Å². The van der Waals surface area contributed by atoms with E-state index in [4.69, 9.17) is 6.42 Å². The maximum atomic E-state index is 10.7. The van der Waals surface area contributed by atoms with Gasteiger partial charge in [0, 0.05) is 11.1 Å². The first-order valence-corrected chi connectivity index (χ1v) is 5.49. The zero-order valence-corrected chi connectivity index (χ0v) is 9.77. The van der Waals surface area contributed by atoms with Gasteiger partial charge in [-0.1, -0.05) is 55.0 Å². The lowest BCUT2D eigenvalue weighted by Gasteiger charge is -2.19. The van der Waals surface area contributed by atoms with Gasteiger partial charge < -0.3 is 5.11 Å². The van der Waals surface area contributed by atoms with E-state index in [0.717, 1.165) is 22.3 Å². The summed E-state index contributed by atoms with van der Waals surface area (Å²) in [6, 6.07) is 7.61. The van der Waals surface area contributed by atoms with Crippen LogP contribution in [0.5, 0.6) is 0 Å². The molecule has 1 aromatic carbocycles. The van der Waals surface area contributed by atoms with Crippen LogP contribution in [0.25, 0.3) is 5.57 Å². The summed E-state index contributed by atoms with van der Waals surface area (Å²) >= 11 is 0. The van der Waals surface area contributed by atoms with Crippen LogP contribution in [-0.4, -0.2) is 5.11 Å². The van der Waals surface area contributed by atoms with Crippen molar-refractivity contribution in [3.8, 4) is 12.3 Å². The molecule has 1 unspecified atom stereocenters. The zero-order valence-electron chi connectivity index (χ0n) is 9.77. The fraction of sp³-hybridized carbons (Fsp3) is 0.125. The largest absolute Gasteiger partial charge is 0.369 e. The van der Waals surface area contributed by atoms with Gasteiger partial charge in [0.15, 0.2) is 5.60 Å². The number of aliphatic hydroxyl groups is 1. The number of allylic oxidation sites excluding steroid dienone is 3. The van der Waals surface area contributed by atoms with Crippen LogP contribution in [0.15, 0.2) is 54.6 Å². The van der Waals surface area contributed by atoms with Gasteiger partial charge in [-0.3, -0.25) is 0 Å². The Balaban J connectivity index is 2.81. The summed E-state index contributed by atoms with van der Waals surface area (Å²) in [6.45, 7) is 5.70. The highest BCUT2D eigenvalue weighted by Crippen LogP contribution is 2.45. The van der Waals surface area contributed by atoms with Gasteiger partial charge in [0.05, 0.1) is 0 Å². The average molecular weight is 222 g/mol. The molecule has 0 saturated carbocycles. The fourth-order valence-corrected chi connectivity index (χ4v) is 2.27. The Morgan fingerprint density at radius 2 is 2.12 bits per heavy atom. The van der Waals surface area contributed by atoms with Crippen LogP contribution < -0.4 is 0 Å². The molecular weight excluding hydrogens is 208 g/mol. The number of rotatable bonds is 2. The smallest absolute Gasteiger partial charge is 0.177 e. The maximum absolute atomic E-state index is 10.7. The minimum absolute atomic E-state index is 0.721. The third kappa shape index (κ3) is 1.46. The second kappa shape index (κ2) is 4.08. The molecule has 1 atom stereocenters. The summed E-state index contributed by atoms with van der Waals surface area (Å²) in [5.74, 6) is 2.49. The van der Waals surface area contributed by atoms with Crippen LogP contribution in [0.3, 0.4) is 0 Å². The van der Waals surface area contributed by atoms with E-state index in [0.29, 0.717) is 0 Å². The Hall–Kier alpha value is -2.04. The molecule has 84 valence electrons. The third-order valence-electron chi connectivity index (χ3n) is 3.03. The molecular formula is C16H14O. The van der Waals surface area contributed by atoms with E-state index < -0.39 is 5.60 Å². The topological polar surface area (TPSA) is 20.2 Å². The SMILES string of the molecule is C#CC1(O)C(/C=C\C)=C(C=C)c2ccccc21. The van der Waals surface area contributed by atoms with Crippen molar-refractivity contribution >= 4 is 5.57 Å². The third-order valence-corrected chi connectivity index (χ3v) is 3.03. The lowest BCUT2D eigenvalue weighted by molar-refractivity contribution is 0.148. The van der Waals surface area contributed by atoms with E-state index >= 15 is 0 Å². The van der Waals surface area contributed by atoms with Gasteiger partial charge in [0.25, 0.3) is 0 Å². The Morgan fingerprint density at radius 1 is 1.41 bits per heavy atom. The molecule has 1 heteroatoms. The quantitative estimate of drug-likeness (QED) is 0.762. The predicted molar refractivity (Wildman–Crippen MR) is 71.1 cm³/mol. The van der Waals surface area contributed by atoms with Crippen molar-refractivity contribution < 1.29 is 5.11 Å². The van der Waals surface area contributed by atoms with Crippen LogP contribution >= 0.6 is 0 Å². The fourth-order valence-electron chi connectivity index (χ4n) is 2.27. The highest BCUT2D eigenvalue weighted by molar-refractivity contribution is 5.88. The van der Waals surface area contributed by atoms with E-state index in [1.54, 1.807) is 6.08 Å². The summed E-state index contributed by atoms with van der Waals surface area (Å²) in [5, 5.41) is 10.7.